The van der Waals surface area contributed by atoms with Crippen LogP contribution in [0.5, 0.6) is 0 Å². The van der Waals surface area contributed by atoms with E-state index in [4.69, 9.17) is 5.73 Å². The van der Waals surface area contributed by atoms with E-state index < -0.39 is 0 Å². The summed E-state index contributed by atoms with van der Waals surface area (Å²) in [5, 5.41) is 0. The van der Waals surface area contributed by atoms with E-state index in [0.29, 0.717) is 5.57 Å². The lowest BCUT2D eigenvalue weighted by Crippen LogP contribution is -2.20. The summed E-state index contributed by atoms with van der Waals surface area (Å²) >= 11 is 0. The van der Waals surface area contributed by atoms with Crippen molar-refractivity contribution in [2.24, 2.45) is 5.73 Å². The Hall–Kier alpha value is -0.990. The molecule has 64 valence electrons. The first kappa shape index (κ1) is 10.0. The van der Waals surface area contributed by atoms with Gasteiger partial charge in [-0.05, 0) is 13.3 Å². The molecule has 3 nitrogen and oxygen atoms in total. The zero-order chi connectivity index (χ0) is 9.02. The van der Waals surface area contributed by atoms with Gasteiger partial charge in [-0.2, -0.15) is 0 Å². The zero-order valence-corrected chi connectivity index (χ0v) is 7.64. The number of nitrogens with two attached hydrogens (primary N) is 1. The lowest BCUT2D eigenvalue weighted by atomic mass is 10.1. The van der Waals surface area contributed by atoms with Crippen LogP contribution in [0.1, 0.15) is 20.3 Å². The molecule has 0 fully saturated rings. The lowest BCUT2D eigenvalue weighted by molar-refractivity contribution is -0.114. The molecule has 0 aromatic rings. The Morgan fingerprint density at radius 3 is 2.00 bits per heavy atom. The number of allylic oxidation sites excluding steroid dienone is 1. The SMILES string of the molecule is CC/C(=C(\C)C(N)=O)N(C)C. The van der Waals surface area contributed by atoms with E-state index in [1.165, 1.54) is 0 Å². The molecule has 1 amide bonds. The molecule has 0 aliphatic rings. The van der Waals surface area contributed by atoms with Crippen LogP contribution < -0.4 is 5.73 Å². The fourth-order valence-corrected chi connectivity index (χ4v) is 1.06. The smallest absolute Gasteiger partial charge is 0.246 e. The summed E-state index contributed by atoms with van der Waals surface area (Å²) in [4.78, 5) is 12.7. The van der Waals surface area contributed by atoms with Crippen molar-refractivity contribution in [1.82, 2.24) is 4.90 Å². The highest BCUT2D eigenvalue weighted by Crippen LogP contribution is 2.09. The van der Waals surface area contributed by atoms with Crippen LogP contribution in [0.4, 0.5) is 0 Å². The van der Waals surface area contributed by atoms with E-state index >= 15 is 0 Å². The van der Waals surface area contributed by atoms with Gasteiger partial charge in [0.25, 0.3) is 0 Å². The van der Waals surface area contributed by atoms with Gasteiger partial charge in [-0.25, -0.2) is 0 Å². The number of rotatable bonds is 3. The van der Waals surface area contributed by atoms with Crippen molar-refractivity contribution in [1.29, 1.82) is 0 Å². The minimum Gasteiger partial charge on any atom is -0.381 e. The topological polar surface area (TPSA) is 46.3 Å². The minimum atomic E-state index is -0.337. The fraction of sp³-hybridized carbons (Fsp3) is 0.625. The minimum absolute atomic E-state index is 0.337. The predicted octanol–water partition coefficient (Wildman–Crippen LogP) is 0.717. The molecule has 0 radical (unpaired) electrons. The average Bonchev–Trinajstić information content (AvgIpc) is 1.88. The van der Waals surface area contributed by atoms with Gasteiger partial charge in [0.2, 0.25) is 5.91 Å². The molecule has 0 rings (SSSR count). The van der Waals surface area contributed by atoms with Crippen LogP contribution in [0.2, 0.25) is 0 Å². The zero-order valence-electron chi connectivity index (χ0n) is 7.64. The monoisotopic (exact) mass is 156 g/mol. The van der Waals surface area contributed by atoms with Crippen LogP contribution in [0.15, 0.2) is 11.3 Å². The molecule has 0 saturated carbocycles. The molecule has 0 bridgehead atoms. The third kappa shape index (κ3) is 2.62. The maximum Gasteiger partial charge on any atom is 0.246 e. The highest BCUT2D eigenvalue weighted by atomic mass is 16.1. The standard InChI is InChI=1S/C8H16N2O/c1-5-7(10(3)4)6(2)8(9)11/h5H2,1-4H3,(H2,9,11)/b7-6-. The number of hydrogen-bond acceptors (Lipinski definition) is 2. The first-order valence-electron chi connectivity index (χ1n) is 3.67. The second kappa shape index (κ2) is 4.01. The van der Waals surface area contributed by atoms with Gasteiger partial charge in [0.1, 0.15) is 0 Å². The molecule has 0 aliphatic heterocycles. The maximum absolute atomic E-state index is 10.7. The second-order valence-electron chi connectivity index (χ2n) is 2.68. The Labute approximate surface area is 67.9 Å². The predicted molar refractivity (Wildman–Crippen MR) is 45.9 cm³/mol. The molecule has 0 aliphatic carbocycles. The quantitative estimate of drug-likeness (QED) is 0.612. The molecule has 2 N–H and O–H groups in total. The molecular formula is C8H16N2O. The van der Waals surface area contributed by atoms with Gasteiger partial charge < -0.3 is 10.6 Å². The third-order valence-corrected chi connectivity index (χ3v) is 1.68. The van der Waals surface area contributed by atoms with Crippen molar-refractivity contribution in [2.45, 2.75) is 20.3 Å². The number of primary amides is 1. The highest BCUT2D eigenvalue weighted by Gasteiger charge is 2.06. The Kier molecular flexibility index (Phi) is 3.65. The van der Waals surface area contributed by atoms with Crippen LogP contribution in [-0.4, -0.2) is 24.9 Å². The Bertz CT molecular complexity index is 183. The van der Waals surface area contributed by atoms with Crippen molar-refractivity contribution in [3.63, 3.8) is 0 Å². The largest absolute Gasteiger partial charge is 0.381 e. The summed E-state index contributed by atoms with van der Waals surface area (Å²) in [5.74, 6) is -0.337. The van der Waals surface area contributed by atoms with Gasteiger partial charge in [0.15, 0.2) is 0 Å². The van der Waals surface area contributed by atoms with Crippen LogP contribution in [-0.2, 0) is 4.79 Å². The second-order valence-corrected chi connectivity index (χ2v) is 2.68. The number of carbonyl (C=O) groups excluding carboxylic acids is 1. The van der Waals surface area contributed by atoms with Crippen molar-refractivity contribution in [3.8, 4) is 0 Å². The van der Waals surface area contributed by atoms with Crippen molar-refractivity contribution < 1.29 is 4.79 Å². The first-order chi connectivity index (χ1) is 5.00. The van der Waals surface area contributed by atoms with Gasteiger partial charge in [0.05, 0.1) is 0 Å². The normalized spacial score (nSPS) is 12.4. The molecule has 0 unspecified atom stereocenters. The molecule has 11 heavy (non-hydrogen) atoms. The van der Waals surface area contributed by atoms with Gasteiger partial charge >= 0.3 is 0 Å². The Balaban J connectivity index is 4.68. The molecule has 0 aromatic carbocycles. The Morgan fingerprint density at radius 2 is 1.91 bits per heavy atom. The van der Waals surface area contributed by atoms with Gasteiger partial charge in [-0.3, -0.25) is 4.79 Å². The van der Waals surface area contributed by atoms with E-state index in [0.717, 1.165) is 12.1 Å². The summed E-state index contributed by atoms with van der Waals surface area (Å²) in [6.07, 6.45) is 0.835. The molecular weight excluding hydrogens is 140 g/mol. The summed E-state index contributed by atoms with van der Waals surface area (Å²) in [7, 11) is 3.82. The number of hydrogen-bond donors (Lipinski definition) is 1. The van der Waals surface area contributed by atoms with Crippen molar-refractivity contribution in [2.75, 3.05) is 14.1 Å². The van der Waals surface area contributed by atoms with E-state index in [1.807, 2.05) is 25.9 Å². The van der Waals surface area contributed by atoms with Crippen LogP contribution in [0.3, 0.4) is 0 Å². The summed E-state index contributed by atoms with van der Waals surface area (Å²) in [6, 6.07) is 0. The molecule has 0 atom stereocenters. The average molecular weight is 156 g/mol. The maximum atomic E-state index is 10.7. The molecule has 0 saturated heterocycles. The number of amides is 1. The summed E-state index contributed by atoms with van der Waals surface area (Å²) in [6.45, 7) is 3.75. The van der Waals surface area contributed by atoms with Crippen molar-refractivity contribution in [3.05, 3.63) is 11.3 Å². The molecule has 0 aromatic heterocycles. The van der Waals surface area contributed by atoms with E-state index in [9.17, 15) is 4.79 Å². The summed E-state index contributed by atoms with van der Waals surface area (Å²) in [5.41, 5.74) is 6.77. The Morgan fingerprint density at radius 1 is 1.45 bits per heavy atom. The number of carbonyl (C=O) groups is 1. The van der Waals surface area contributed by atoms with Crippen LogP contribution >= 0.6 is 0 Å². The van der Waals surface area contributed by atoms with Gasteiger partial charge in [-0.15, -0.1) is 0 Å². The van der Waals surface area contributed by atoms with Crippen LogP contribution in [0.25, 0.3) is 0 Å². The lowest BCUT2D eigenvalue weighted by Gasteiger charge is -2.17. The van der Waals surface area contributed by atoms with Crippen molar-refractivity contribution >= 4 is 5.91 Å². The molecule has 0 heterocycles. The third-order valence-electron chi connectivity index (χ3n) is 1.68. The highest BCUT2D eigenvalue weighted by molar-refractivity contribution is 5.91. The summed E-state index contributed by atoms with van der Waals surface area (Å²) < 4.78 is 0. The number of nitrogens with zero attached hydrogens (tertiary/aromatic N) is 1. The fourth-order valence-electron chi connectivity index (χ4n) is 1.06. The van der Waals surface area contributed by atoms with Gasteiger partial charge in [-0.1, -0.05) is 6.92 Å². The first-order valence-corrected chi connectivity index (χ1v) is 3.67. The van der Waals surface area contributed by atoms with Crippen LogP contribution in [0, 0.1) is 0 Å². The van der Waals surface area contributed by atoms with E-state index in [2.05, 4.69) is 0 Å². The van der Waals surface area contributed by atoms with Gasteiger partial charge in [0, 0.05) is 25.4 Å². The van der Waals surface area contributed by atoms with E-state index in [1.54, 1.807) is 6.92 Å². The van der Waals surface area contributed by atoms with E-state index in [-0.39, 0.29) is 5.91 Å². The molecule has 3 heteroatoms. The molecule has 0 spiro atoms.